The third-order valence-corrected chi connectivity index (χ3v) is 4.05. The molecule has 1 aliphatic carbocycles. The molecule has 21 heavy (non-hydrogen) atoms. The first-order valence-corrected chi connectivity index (χ1v) is 7.52. The molecule has 2 aromatic carbocycles. The van der Waals surface area contributed by atoms with Gasteiger partial charge in [0, 0.05) is 35.4 Å². The Balaban J connectivity index is 1.74. The highest BCUT2D eigenvalue weighted by Crippen LogP contribution is 2.30. The number of benzene rings is 2. The summed E-state index contributed by atoms with van der Waals surface area (Å²) >= 11 is 5.81. The maximum atomic E-state index is 14.0. The number of halogens is 2. The fourth-order valence-corrected chi connectivity index (χ4v) is 2.64. The summed E-state index contributed by atoms with van der Waals surface area (Å²) in [5.41, 5.74) is 8.37. The number of nitrogens with zero attached hydrogens (tertiary/aromatic N) is 1. The summed E-state index contributed by atoms with van der Waals surface area (Å²) < 4.78 is 14.0. The number of rotatable bonds is 5. The zero-order valence-electron chi connectivity index (χ0n) is 11.7. The van der Waals surface area contributed by atoms with Gasteiger partial charge >= 0.3 is 0 Å². The molecule has 1 aliphatic rings. The average Bonchev–Trinajstić information content (AvgIpc) is 3.28. The van der Waals surface area contributed by atoms with Gasteiger partial charge in [0.05, 0.1) is 0 Å². The highest BCUT2D eigenvalue weighted by molar-refractivity contribution is 6.30. The Morgan fingerprint density at radius 2 is 1.81 bits per heavy atom. The lowest BCUT2D eigenvalue weighted by molar-refractivity contribution is 0.242. The van der Waals surface area contributed by atoms with E-state index in [0.717, 1.165) is 12.2 Å². The first kappa shape index (κ1) is 14.4. The fourth-order valence-electron chi connectivity index (χ4n) is 2.48. The van der Waals surface area contributed by atoms with Gasteiger partial charge < -0.3 is 5.73 Å². The van der Waals surface area contributed by atoms with Crippen molar-refractivity contribution in [2.75, 3.05) is 5.73 Å². The number of hydrogen-bond donors (Lipinski definition) is 1. The zero-order valence-corrected chi connectivity index (χ0v) is 12.5. The molecule has 0 aromatic heterocycles. The molecule has 0 spiro atoms. The van der Waals surface area contributed by atoms with Crippen LogP contribution in [0.4, 0.5) is 10.1 Å². The van der Waals surface area contributed by atoms with E-state index in [1.165, 1.54) is 24.5 Å². The highest BCUT2D eigenvalue weighted by atomic mass is 35.5. The van der Waals surface area contributed by atoms with Gasteiger partial charge in [-0.1, -0.05) is 29.8 Å². The molecule has 4 heteroatoms. The molecule has 2 nitrogen and oxygen atoms in total. The topological polar surface area (TPSA) is 29.3 Å². The van der Waals surface area contributed by atoms with E-state index >= 15 is 0 Å². The van der Waals surface area contributed by atoms with Gasteiger partial charge in [-0.15, -0.1) is 0 Å². The minimum Gasteiger partial charge on any atom is -0.399 e. The predicted molar refractivity (Wildman–Crippen MR) is 84.5 cm³/mol. The molecule has 2 aromatic rings. The molecule has 2 N–H and O–H groups in total. The Labute approximate surface area is 129 Å². The monoisotopic (exact) mass is 304 g/mol. The molecule has 0 atom stereocenters. The molecular formula is C17H18ClFN2. The SMILES string of the molecule is Nc1ccc(CN(Cc2ccc(Cl)cc2F)C2CC2)cc1. The van der Waals surface area contributed by atoms with Crippen molar-refractivity contribution in [2.24, 2.45) is 0 Å². The summed E-state index contributed by atoms with van der Waals surface area (Å²) in [6.07, 6.45) is 2.37. The second-order valence-electron chi connectivity index (χ2n) is 5.61. The summed E-state index contributed by atoms with van der Waals surface area (Å²) in [5.74, 6) is -0.231. The van der Waals surface area contributed by atoms with Crippen LogP contribution in [0.15, 0.2) is 42.5 Å². The molecule has 0 aliphatic heterocycles. The summed E-state index contributed by atoms with van der Waals surface area (Å²) in [4.78, 5) is 2.32. The molecule has 110 valence electrons. The zero-order chi connectivity index (χ0) is 14.8. The third kappa shape index (κ3) is 3.74. The van der Waals surface area contributed by atoms with Gasteiger partial charge in [-0.05, 0) is 42.7 Å². The van der Waals surface area contributed by atoms with E-state index in [2.05, 4.69) is 4.90 Å². The Morgan fingerprint density at radius 3 is 2.43 bits per heavy atom. The van der Waals surface area contributed by atoms with E-state index in [1.807, 2.05) is 24.3 Å². The van der Waals surface area contributed by atoms with Crippen LogP contribution in [0.2, 0.25) is 5.02 Å². The normalized spacial score (nSPS) is 14.6. The van der Waals surface area contributed by atoms with E-state index in [4.69, 9.17) is 17.3 Å². The van der Waals surface area contributed by atoms with Crippen molar-refractivity contribution in [1.29, 1.82) is 0 Å². The minimum absolute atomic E-state index is 0.231. The summed E-state index contributed by atoms with van der Waals surface area (Å²) in [7, 11) is 0. The molecule has 0 heterocycles. The van der Waals surface area contributed by atoms with E-state index in [9.17, 15) is 4.39 Å². The van der Waals surface area contributed by atoms with Gasteiger partial charge in [-0.3, -0.25) is 4.90 Å². The molecule has 0 saturated heterocycles. The van der Waals surface area contributed by atoms with Crippen LogP contribution in [-0.2, 0) is 13.1 Å². The number of nitrogens with two attached hydrogens (primary N) is 1. The minimum atomic E-state index is -0.231. The Morgan fingerprint density at radius 1 is 1.10 bits per heavy atom. The van der Waals surface area contributed by atoms with E-state index in [-0.39, 0.29) is 5.82 Å². The maximum absolute atomic E-state index is 14.0. The lowest BCUT2D eigenvalue weighted by Crippen LogP contribution is -2.25. The van der Waals surface area contributed by atoms with Crippen LogP contribution in [0.5, 0.6) is 0 Å². The lowest BCUT2D eigenvalue weighted by atomic mass is 10.1. The standard InChI is InChI=1S/C17H18ClFN2/c18-14-4-3-13(17(19)9-14)11-21(16-7-8-16)10-12-1-5-15(20)6-2-12/h1-6,9,16H,7-8,10-11,20H2. The quantitative estimate of drug-likeness (QED) is 0.838. The largest absolute Gasteiger partial charge is 0.399 e. The summed E-state index contributed by atoms with van der Waals surface area (Å²) in [6, 6.07) is 13.3. The van der Waals surface area contributed by atoms with Crippen LogP contribution in [0.1, 0.15) is 24.0 Å². The van der Waals surface area contributed by atoms with E-state index < -0.39 is 0 Å². The van der Waals surface area contributed by atoms with Crippen LogP contribution < -0.4 is 5.73 Å². The highest BCUT2D eigenvalue weighted by Gasteiger charge is 2.29. The van der Waals surface area contributed by atoms with Crippen molar-refractivity contribution in [3.8, 4) is 0 Å². The summed E-state index contributed by atoms with van der Waals surface area (Å²) in [6.45, 7) is 1.42. The Hall–Kier alpha value is -1.58. The second-order valence-corrected chi connectivity index (χ2v) is 6.05. The second kappa shape index (κ2) is 6.04. The Kier molecular flexibility index (Phi) is 4.13. The van der Waals surface area contributed by atoms with E-state index in [0.29, 0.717) is 23.2 Å². The van der Waals surface area contributed by atoms with Crippen LogP contribution in [-0.4, -0.2) is 10.9 Å². The van der Waals surface area contributed by atoms with Crippen molar-refractivity contribution in [2.45, 2.75) is 32.0 Å². The van der Waals surface area contributed by atoms with Gasteiger partial charge in [-0.2, -0.15) is 0 Å². The predicted octanol–water partition coefficient (Wildman–Crippen LogP) is 4.23. The summed E-state index contributed by atoms with van der Waals surface area (Å²) in [5, 5.41) is 0.438. The van der Waals surface area contributed by atoms with Gasteiger partial charge in [0.15, 0.2) is 0 Å². The lowest BCUT2D eigenvalue weighted by Gasteiger charge is -2.22. The van der Waals surface area contributed by atoms with Crippen molar-refractivity contribution in [3.63, 3.8) is 0 Å². The van der Waals surface area contributed by atoms with E-state index in [1.54, 1.807) is 12.1 Å². The third-order valence-electron chi connectivity index (χ3n) is 3.82. The van der Waals surface area contributed by atoms with Crippen molar-refractivity contribution >= 4 is 17.3 Å². The Bertz CT molecular complexity index is 623. The molecule has 0 unspecified atom stereocenters. The average molecular weight is 305 g/mol. The number of nitrogen functional groups attached to an aromatic ring is 1. The first-order valence-electron chi connectivity index (χ1n) is 7.14. The smallest absolute Gasteiger partial charge is 0.129 e. The molecular weight excluding hydrogens is 287 g/mol. The van der Waals surface area contributed by atoms with Crippen molar-refractivity contribution in [3.05, 3.63) is 64.4 Å². The first-order chi connectivity index (χ1) is 10.1. The van der Waals surface area contributed by atoms with Crippen LogP contribution in [0.25, 0.3) is 0 Å². The van der Waals surface area contributed by atoms with Crippen LogP contribution >= 0.6 is 11.6 Å². The van der Waals surface area contributed by atoms with Crippen LogP contribution in [0, 0.1) is 5.82 Å². The molecule has 3 rings (SSSR count). The van der Waals surface area contributed by atoms with Crippen LogP contribution in [0.3, 0.4) is 0 Å². The number of anilines is 1. The van der Waals surface area contributed by atoms with Crippen molar-refractivity contribution < 1.29 is 4.39 Å². The molecule has 0 amide bonds. The van der Waals surface area contributed by atoms with Crippen molar-refractivity contribution in [1.82, 2.24) is 4.90 Å². The molecule has 0 radical (unpaired) electrons. The van der Waals surface area contributed by atoms with Gasteiger partial charge in [0.25, 0.3) is 0 Å². The van der Waals surface area contributed by atoms with Gasteiger partial charge in [0.2, 0.25) is 0 Å². The maximum Gasteiger partial charge on any atom is 0.129 e. The molecule has 1 fully saturated rings. The number of hydrogen-bond acceptors (Lipinski definition) is 2. The van der Waals surface area contributed by atoms with Gasteiger partial charge in [0.1, 0.15) is 5.82 Å². The van der Waals surface area contributed by atoms with Gasteiger partial charge in [-0.25, -0.2) is 4.39 Å². The fraction of sp³-hybridized carbons (Fsp3) is 0.294. The molecule has 1 saturated carbocycles. The molecule has 0 bridgehead atoms.